The van der Waals surface area contributed by atoms with Crippen molar-refractivity contribution >= 4 is 27.5 Å². The van der Waals surface area contributed by atoms with Crippen LogP contribution >= 0.6 is 15.9 Å². The number of rotatable bonds is 2. The van der Waals surface area contributed by atoms with Crippen LogP contribution in [0.5, 0.6) is 0 Å². The Hall–Kier alpha value is -1.82. The summed E-state index contributed by atoms with van der Waals surface area (Å²) in [5, 5.41) is 2.42. The van der Waals surface area contributed by atoms with Gasteiger partial charge in [-0.25, -0.2) is 9.37 Å². The van der Waals surface area contributed by atoms with Gasteiger partial charge in [-0.3, -0.25) is 9.78 Å². The molecule has 0 aliphatic heterocycles. The second kappa shape index (κ2) is 5.01. The summed E-state index contributed by atoms with van der Waals surface area (Å²) in [5.74, 6) is -1.06. The van der Waals surface area contributed by atoms with Gasteiger partial charge in [0.05, 0.1) is 11.9 Å². The van der Waals surface area contributed by atoms with Gasteiger partial charge in [-0.2, -0.15) is 0 Å². The van der Waals surface area contributed by atoms with Crippen molar-refractivity contribution in [3.8, 4) is 0 Å². The SMILES string of the molecule is O=C(Nc1ccncc1F)c1cccc(Br)n1. The maximum absolute atomic E-state index is 13.2. The van der Waals surface area contributed by atoms with Gasteiger partial charge >= 0.3 is 0 Å². The maximum atomic E-state index is 13.2. The Balaban J connectivity index is 2.20. The number of hydrogen-bond acceptors (Lipinski definition) is 3. The third kappa shape index (κ3) is 2.85. The first-order valence-electron chi connectivity index (χ1n) is 4.70. The van der Waals surface area contributed by atoms with Gasteiger partial charge in [-0.15, -0.1) is 0 Å². The van der Waals surface area contributed by atoms with Gasteiger partial charge in [0.15, 0.2) is 5.82 Å². The van der Waals surface area contributed by atoms with Crippen molar-refractivity contribution in [1.82, 2.24) is 9.97 Å². The number of carbonyl (C=O) groups excluding carboxylic acids is 1. The molecule has 1 N–H and O–H groups in total. The standard InChI is InChI=1S/C11H7BrFN3O/c12-10-3-1-2-9(15-10)11(17)16-8-4-5-14-6-7(8)13/h1-6H,(H,14,16,17). The van der Waals surface area contributed by atoms with Crippen molar-refractivity contribution in [3.05, 3.63) is 52.8 Å². The van der Waals surface area contributed by atoms with Crippen LogP contribution < -0.4 is 5.32 Å². The van der Waals surface area contributed by atoms with E-state index in [0.29, 0.717) is 4.60 Å². The molecule has 2 rings (SSSR count). The Labute approximate surface area is 105 Å². The lowest BCUT2D eigenvalue weighted by molar-refractivity contribution is 0.102. The zero-order chi connectivity index (χ0) is 12.3. The molecule has 0 aliphatic carbocycles. The highest BCUT2D eigenvalue weighted by Crippen LogP contribution is 2.13. The molecule has 0 fully saturated rings. The van der Waals surface area contributed by atoms with Crippen molar-refractivity contribution in [2.24, 2.45) is 0 Å². The first kappa shape index (κ1) is 11.7. The van der Waals surface area contributed by atoms with Crippen molar-refractivity contribution in [2.45, 2.75) is 0 Å². The lowest BCUT2D eigenvalue weighted by Gasteiger charge is -2.05. The first-order valence-corrected chi connectivity index (χ1v) is 5.49. The lowest BCUT2D eigenvalue weighted by Crippen LogP contribution is -2.14. The van der Waals surface area contributed by atoms with E-state index in [4.69, 9.17) is 0 Å². The first-order chi connectivity index (χ1) is 8.16. The molecule has 0 bridgehead atoms. The van der Waals surface area contributed by atoms with Gasteiger partial charge in [0.25, 0.3) is 5.91 Å². The molecule has 6 heteroatoms. The minimum Gasteiger partial charge on any atom is -0.318 e. The van der Waals surface area contributed by atoms with Crippen LogP contribution in [0.15, 0.2) is 41.3 Å². The molecule has 0 unspecified atom stereocenters. The minimum atomic E-state index is -0.587. The molecule has 4 nitrogen and oxygen atoms in total. The molecule has 0 radical (unpaired) electrons. The van der Waals surface area contributed by atoms with Gasteiger partial charge in [0.2, 0.25) is 0 Å². The highest BCUT2D eigenvalue weighted by atomic mass is 79.9. The number of anilines is 1. The van der Waals surface area contributed by atoms with Crippen LogP contribution in [0, 0.1) is 5.82 Å². The van der Waals surface area contributed by atoms with E-state index in [1.165, 1.54) is 12.3 Å². The number of nitrogens with zero attached hydrogens (tertiary/aromatic N) is 2. The Kier molecular flexibility index (Phi) is 3.43. The lowest BCUT2D eigenvalue weighted by atomic mass is 10.3. The van der Waals surface area contributed by atoms with Crippen LogP contribution in [0.25, 0.3) is 0 Å². The number of carbonyl (C=O) groups is 1. The summed E-state index contributed by atoms with van der Waals surface area (Å²) in [6.45, 7) is 0. The molecule has 2 aromatic rings. The largest absolute Gasteiger partial charge is 0.318 e. The van der Waals surface area contributed by atoms with Gasteiger partial charge in [-0.1, -0.05) is 6.07 Å². The van der Waals surface area contributed by atoms with Crippen molar-refractivity contribution in [2.75, 3.05) is 5.32 Å². The number of pyridine rings is 2. The summed E-state index contributed by atoms with van der Waals surface area (Å²) < 4.78 is 13.8. The number of amides is 1. The topological polar surface area (TPSA) is 54.9 Å². The highest BCUT2D eigenvalue weighted by Gasteiger charge is 2.10. The molecule has 2 heterocycles. The molecular formula is C11H7BrFN3O. The van der Waals surface area contributed by atoms with Crippen molar-refractivity contribution in [1.29, 1.82) is 0 Å². The van der Waals surface area contributed by atoms with Crippen LogP contribution in [0.2, 0.25) is 0 Å². The fourth-order valence-electron chi connectivity index (χ4n) is 1.20. The predicted octanol–water partition coefficient (Wildman–Crippen LogP) is 2.63. The molecule has 0 aliphatic rings. The highest BCUT2D eigenvalue weighted by molar-refractivity contribution is 9.10. The zero-order valence-corrected chi connectivity index (χ0v) is 10.1. The van der Waals surface area contributed by atoms with E-state index in [1.54, 1.807) is 18.2 Å². The summed E-state index contributed by atoms with van der Waals surface area (Å²) in [4.78, 5) is 19.3. The number of hydrogen-bond donors (Lipinski definition) is 1. The summed E-state index contributed by atoms with van der Waals surface area (Å²) in [6, 6.07) is 6.29. The molecule has 1 amide bonds. The van der Waals surface area contributed by atoms with Gasteiger partial charge < -0.3 is 5.32 Å². The molecule has 0 aromatic carbocycles. The number of nitrogens with one attached hydrogen (secondary N) is 1. The van der Waals surface area contributed by atoms with E-state index in [0.717, 1.165) is 6.20 Å². The summed E-state index contributed by atoms with van der Waals surface area (Å²) in [5.41, 5.74) is 0.280. The second-order valence-corrected chi connectivity index (χ2v) is 3.97. The van der Waals surface area contributed by atoms with E-state index in [-0.39, 0.29) is 11.4 Å². The van der Waals surface area contributed by atoms with Crippen LogP contribution in [0.3, 0.4) is 0 Å². The van der Waals surface area contributed by atoms with Crippen LogP contribution in [-0.4, -0.2) is 15.9 Å². The Morgan fingerprint density at radius 1 is 1.35 bits per heavy atom. The smallest absolute Gasteiger partial charge is 0.274 e. The Bertz CT molecular complexity index is 562. The second-order valence-electron chi connectivity index (χ2n) is 3.16. The van der Waals surface area contributed by atoms with E-state index in [2.05, 4.69) is 31.2 Å². The van der Waals surface area contributed by atoms with Gasteiger partial charge in [-0.05, 0) is 34.1 Å². The quantitative estimate of drug-likeness (QED) is 0.867. The van der Waals surface area contributed by atoms with Crippen molar-refractivity contribution < 1.29 is 9.18 Å². The Morgan fingerprint density at radius 3 is 2.88 bits per heavy atom. The fraction of sp³-hybridized carbons (Fsp3) is 0. The van der Waals surface area contributed by atoms with E-state index in [9.17, 15) is 9.18 Å². The average Bonchev–Trinajstić information content (AvgIpc) is 2.32. The summed E-state index contributed by atoms with van der Waals surface area (Å²) in [6.07, 6.45) is 2.43. The van der Waals surface area contributed by atoms with E-state index < -0.39 is 11.7 Å². The zero-order valence-electron chi connectivity index (χ0n) is 8.52. The fourth-order valence-corrected chi connectivity index (χ4v) is 1.54. The molecule has 0 spiro atoms. The monoisotopic (exact) mass is 295 g/mol. The molecular weight excluding hydrogens is 289 g/mol. The summed E-state index contributed by atoms with van der Waals surface area (Å²) in [7, 11) is 0. The molecule has 0 saturated carbocycles. The van der Waals surface area contributed by atoms with Gasteiger partial charge in [0, 0.05) is 6.20 Å². The van der Waals surface area contributed by atoms with E-state index >= 15 is 0 Å². The third-order valence-electron chi connectivity index (χ3n) is 1.97. The van der Waals surface area contributed by atoms with Crippen LogP contribution in [-0.2, 0) is 0 Å². The Morgan fingerprint density at radius 2 is 2.18 bits per heavy atom. The molecule has 0 atom stereocenters. The molecule has 2 aromatic heterocycles. The normalized spacial score (nSPS) is 10.0. The van der Waals surface area contributed by atoms with Gasteiger partial charge in [0.1, 0.15) is 10.3 Å². The molecule has 17 heavy (non-hydrogen) atoms. The van der Waals surface area contributed by atoms with Crippen LogP contribution in [0.1, 0.15) is 10.5 Å². The predicted molar refractivity (Wildman–Crippen MR) is 64.1 cm³/mol. The number of halogens is 2. The van der Waals surface area contributed by atoms with Crippen LogP contribution in [0.4, 0.5) is 10.1 Å². The third-order valence-corrected chi connectivity index (χ3v) is 2.41. The maximum Gasteiger partial charge on any atom is 0.274 e. The minimum absolute atomic E-state index is 0.0757. The molecule has 86 valence electrons. The number of aromatic nitrogens is 2. The average molecular weight is 296 g/mol. The van der Waals surface area contributed by atoms with Crippen molar-refractivity contribution in [3.63, 3.8) is 0 Å². The summed E-state index contributed by atoms with van der Waals surface area (Å²) >= 11 is 3.16. The van der Waals surface area contributed by atoms with E-state index in [1.807, 2.05) is 0 Å². The molecule has 0 saturated heterocycles.